The van der Waals surface area contributed by atoms with Gasteiger partial charge in [0.2, 0.25) is 0 Å². The first-order chi connectivity index (χ1) is 10.3. The van der Waals surface area contributed by atoms with E-state index in [1.165, 1.54) is 0 Å². The topological polar surface area (TPSA) is 58.9 Å². The van der Waals surface area contributed by atoms with Crippen LogP contribution in [0.1, 0.15) is 29.3 Å². The molecule has 0 aliphatic heterocycles. The Morgan fingerprint density at radius 2 is 2.05 bits per heavy atom. The Balaban J connectivity index is 1.94. The van der Waals surface area contributed by atoms with Gasteiger partial charge >= 0.3 is 0 Å². The first kappa shape index (κ1) is 15.3. The Morgan fingerprint density at radius 1 is 1.19 bits per heavy atom. The molecule has 0 aliphatic rings. The van der Waals surface area contributed by atoms with Gasteiger partial charge in [-0.2, -0.15) is 5.10 Å². The fourth-order valence-corrected chi connectivity index (χ4v) is 2.11. The number of hydrogen-bond acceptors (Lipinski definition) is 3. The minimum Gasteiger partial charge on any atom is -0.351 e. The summed E-state index contributed by atoms with van der Waals surface area (Å²) in [6, 6.07) is 9.52. The van der Waals surface area contributed by atoms with Crippen molar-refractivity contribution in [3.63, 3.8) is 0 Å². The highest BCUT2D eigenvalue weighted by Gasteiger charge is 2.10. The van der Waals surface area contributed by atoms with Crippen LogP contribution in [0.5, 0.6) is 0 Å². The summed E-state index contributed by atoms with van der Waals surface area (Å²) >= 11 is 0. The second-order valence-electron chi connectivity index (χ2n) is 4.87. The molecule has 0 fully saturated rings. The van der Waals surface area contributed by atoms with Crippen LogP contribution in [-0.4, -0.2) is 35.3 Å². The van der Waals surface area contributed by atoms with Crippen LogP contribution in [-0.2, 0) is 6.54 Å². The summed E-state index contributed by atoms with van der Waals surface area (Å²) < 4.78 is 1.81. The van der Waals surface area contributed by atoms with E-state index in [9.17, 15) is 4.79 Å². The third-order valence-electron chi connectivity index (χ3n) is 3.17. The van der Waals surface area contributed by atoms with Crippen LogP contribution in [0.2, 0.25) is 0 Å². The molecule has 1 aromatic carbocycles. The highest BCUT2D eigenvalue weighted by Crippen LogP contribution is 2.10. The maximum atomic E-state index is 12.3. The average molecular weight is 286 g/mol. The molecule has 5 heteroatoms. The molecule has 0 bridgehead atoms. The van der Waals surface area contributed by atoms with Crippen molar-refractivity contribution in [3.8, 4) is 0 Å². The van der Waals surface area contributed by atoms with E-state index in [-0.39, 0.29) is 5.91 Å². The third-order valence-corrected chi connectivity index (χ3v) is 3.17. The lowest BCUT2D eigenvalue weighted by Gasteiger charge is -2.10. The second kappa shape index (κ2) is 8.21. The number of nitrogens with zero attached hydrogens (tertiary/aromatic N) is 2. The van der Waals surface area contributed by atoms with E-state index in [0.29, 0.717) is 18.7 Å². The van der Waals surface area contributed by atoms with E-state index >= 15 is 0 Å². The van der Waals surface area contributed by atoms with E-state index in [0.717, 1.165) is 25.1 Å². The largest absolute Gasteiger partial charge is 0.351 e. The summed E-state index contributed by atoms with van der Waals surface area (Å²) in [7, 11) is 0. The molecule has 2 aromatic rings. The van der Waals surface area contributed by atoms with Gasteiger partial charge in [0.25, 0.3) is 5.91 Å². The third kappa shape index (κ3) is 4.72. The van der Waals surface area contributed by atoms with Crippen LogP contribution in [0.4, 0.5) is 0 Å². The molecule has 0 spiro atoms. The van der Waals surface area contributed by atoms with E-state index < -0.39 is 0 Å². The molecular weight excluding hydrogens is 264 g/mol. The van der Waals surface area contributed by atoms with Crippen molar-refractivity contribution >= 4 is 5.91 Å². The van der Waals surface area contributed by atoms with E-state index in [2.05, 4.69) is 22.7 Å². The van der Waals surface area contributed by atoms with E-state index in [1.54, 1.807) is 6.20 Å². The molecule has 0 saturated heterocycles. The standard InChI is InChI=1S/C16H22N4O/c1-2-8-17-10-11-18-16(21)15-7-4-3-6-14(15)13-20-12-5-9-19-20/h3-7,9,12,17H,2,8,10-11,13H2,1H3,(H,18,21). The first-order valence-electron chi connectivity index (χ1n) is 7.35. The van der Waals surface area contributed by atoms with Crippen molar-refractivity contribution in [2.24, 2.45) is 0 Å². The van der Waals surface area contributed by atoms with E-state index in [1.807, 2.05) is 41.2 Å². The highest BCUT2D eigenvalue weighted by molar-refractivity contribution is 5.95. The Bertz CT molecular complexity index is 551. The predicted molar refractivity (Wildman–Crippen MR) is 83.3 cm³/mol. The number of carbonyl (C=O) groups is 1. The molecule has 0 radical (unpaired) electrons. The van der Waals surface area contributed by atoms with Gasteiger partial charge in [0.05, 0.1) is 6.54 Å². The molecule has 0 saturated carbocycles. The molecule has 0 atom stereocenters. The summed E-state index contributed by atoms with van der Waals surface area (Å²) in [6.07, 6.45) is 4.73. The van der Waals surface area contributed by atoms with Gasteiger partial charge in [-0.1, -0.05) is 25.1 Å². The predicted octanol–water partition coefficient (Wildman–Crippen LogP) is 1.66. The lowest BCUT2D eigenvalue weighted by Crippen LogP contribution is -2.32. The molecule has 2 rings (SSSR count). The summed E-state index contributed by atoms with van der Waals surface area (Å²) in [4.78, 5) is 12.3. The molecule has 1 aromatic heterocycles. The fraction of sp³-hybridized carbons (Fsp3) is 0.375. The van der Waals surface area contributed by atoms with Crippen LogP contribution in [0.15, 0.2) is 42.7 Å². The smallest absolute Gasteiger partial charge is 0.251 e. The Kier molecular flexibility index (Phi) is 5.97. The molecule has 1 heterocycles. The van der Waals surface area contributed by atoms with Crippen molar-refractivity contribution < 1.29 is 4.79 Å². The molecule has 0 unspecified atom stereocenters. The van der Waals surface area contributed by atoms with Gasteiger partial charge < -0.3 is 10.6 Å². The molecule has 112 valence electrons. The summed E-state index contributed by atoms with van der Waals surface area (Å²) in [5, 5.41) is 10.4. The van der Waals surface area contributed by atoms with Crippen LogP contribution >= 0.6 is 0 Å². The minimum atomic E-state index is -0.0314. The number of nitrogens with one attached hydrogen (secondary N) is 2. The number of hydrogen-bond donors (Lipinski definition) is 2. The van der Waals surface area contributed by atoms with Gasteiger partial charge in [-0.3, -0.25) is 9.48 Å². The maximum absolute atomic E-state index is 12.3. The van der Waals surface area contributed by atoms with Gasteiger partial charge in [0.15, 0.2) is 0 Å². The zero-order valence-electron chi connectivity index (χ0n) is 12.4. The molecule has 2 N–H and O–H groups in total. The SMILES string of the molecule is CCCNCCNC(=O)c1ccccc1Cn1cccn1. The van der Waals surface area contributed by atoms with Crippen molar-refractivity contribution in [2.75, 3.05) is 19.6 Å². The average Bonchev–Trinajstić information content (AvgIpc) is 3.00. The lowest BCUT2D eigenvalue weighted by atomic mass is 10.1. The van der Waals surface area contributed by atoms with E-state index in [4.69, 9.17) is 0 Å². The number of aromatic nitrogens is 2. The zero-order valence-corrected chi connectivity index (χ0v) is 12.4. The van der Waals surface area contributed by atoms with Crippen LogP contribution in [0.3, 0.4) is 0 Å². The first-order valence-corrected chi connectivity index (χ1v) is 7.35. The molecule has 1 amide bonds. The quantitative estimate of drug-likeness (QED) is 0.726. The zero-order chi connectivity index (χ0) is 14.9. The van der Waals surface area contributed by atoms with Crippen molar-refractivity contribution in [1.29, 1.82) is 0 Å². The summed E-state index contributed by atoms with van der Waals surface area (Å²) in [5.74, 6) is -0.0314. The minimum absolute atomic E-state index is 0.0314. The molecule has 5 nitrogen and oxygen atoms in total. The highest BCUT2D eigenvalue weighted by atomic mass is 16.1. The summed E-state index contributed by atoms with van der Waals surface area (Å²) in [5.41, 5.74) is 1.68. The molecular formula is C16H22N4O. The van der Waals surface area contributed by atoms with Crippen molar-refractivity contribution in [1.82, 2.24) is 20.4 Å². The van der Waals surface area contributed by atoms with Gasteiger partial charge in [-0.25, -0.2) is 0 Å². The molecule has 21 heavy (non-hydrogen) atoms. The number of carbonyl (C=O) groups excluding carboxylic acids is 1. The maximum Gasteiger partial charge on any atom is 0.251 e. The van der Waals surface area contributed by atoms with Gasteiger partial charge in [-0.15, -0.1) is 0 Å². The Hall–Kier alpha value is -2.14. The number of amides is 1. The normalized spacial score (nSPS) is 10.5. The summed E-state index contributed by atoms with van der Waals surface area (Å²) in [6.45, 7) is 5.13. The number of benzene rings is 1. The fourth-order valence-electron chi connectivity index (χ4n) is 2.11. The lowest BCUT2D eigenvalue weighted by molar-refractivity contribution is 0.0953. The number of rotatable bonds is 8. The van der Waals surface area contributed by atoms with Gasteiger partial charge in [0.1, 0.15) is 0 Å². The van der Waals surface area contributed by atoms with Crippen molar-refractivity contribution in [2.45, 2.75) is 19.9 Å². The Labute approximate surface area is 125 Å². The van der Waals surface area contributed by atoms with Gasteiger partial charge in [-0.05, 0) is 30.7 Å². The van der Waals surface area contributed by atoms with Gasteiger partial charge in [0, 0.05) is 31.0 Å². The van der Waals surface area contributed by atoms with Crippen molar-refractivity contribution in [3.05, 3.63) is 53.9 Å². The monoisotopic (exact) mass is 286 g/mol. The second-order valence-corrected chi connectivity index (χ2v) is 4.87. The Morgan fingerprint density at radius 3 is 2.81 bits per heavy atom. The van der Waals surface area contributed by atoms with Crippen LogP contribution < -0.4 is 10.6 Å². The molecule has 0 aliphatic carbocycles. The van der Waals surface area contributed by atoms with Crippen LogP contribution in [0, 0.1) is 0 Å². The van der Waals surface area contributed by atoms with Crippen LogP contribution in [0.25, 0.3) is 0 Å².